The molecule has 1 atom stereocenters. The van der Waals surface area contributed by atoms with Crippen LogP contribution in [0.5, 0.6) is 5.75 Å². The molecule has 1 aliphatic heterocycles. The van der Waals surface area contributed by atoms with Gasteiger partial charge in [0.2, 0.25) is 0 Å². The summed E-state index contributed by atoms with van der Waals surface area (Å²) in [4.78, 5) is 2.46. The van der Waals surface area contributed by atoms with E-state index in [1.807, 2.05) is 18.2 Å². The number of aliphatic hydroxyl groups is 1. The highest BCUT2D eigenvalue weighted by atomic mass is 35.5. The van der Waals surface area contributed by atoms with Crippen LogP contribution < -0.4 is 4.74 Å². The van der Waals surface area contributed by atoms with Crippen molar-refractivity contribution in [3.05, 3.63) is 29.3 Å². The number of rotatable bonds is 5. The van der Waals surface area contributed by atoms with E-state index in [0.717, 1.165) is 31.7 Å². The largest absolute Gasteiger partial charge is 0.491 e. The quantitative estimate of drug-likeness (QED) is 0.906. The molecule has 4 heteroatoms. The van der Waals surface area contributed by atoms with Crippen molar-refractivity contribution >= 4 is 11.6 Å². The zero-order valence-electron chi connectivity index (χ0n) is 12.3. The molecule has 0 saturated carbocycles. The van der Waals surface area contributed by atoms with Crippen molar-refractivity contribution in [2.45, 2.75) is 38.8 Å². The molecule has 0 bridgehead atoms. The number of benzene rings is 1. The Kier molecular flexibility index (Phi) is 5.70. The van der Waals surface area contributed by atoms with Gasteiger partial charge in [0.05, 0.1) is 6.10 Å². The van der Waals surface area contributed by atoms with Gasteiger partial charge in [0.25, 0.3) is 0 Å². The summed E-state index contributed by atoms with van der Waals surface area (Å²) >= 11 is 5.91. The Labute approximate surface area is 126 Å². The fourth-order valence-corrected chi connectivity index (χ4v) is 2.88. The summed E-state index contributed by atoms with van der Waals surface area (Å²) in [6.07, 6.45) is 1.68. The first-order valence-corrected chi connectivity index (χ1v) is 7.74. The zero-order valence-corrected chi connectivity index (χ0v) is 13.0. The molecule has 0 amide bonds. The fourth-order valence-electron chi connectivity index (χ4n) is 2.70. The van der Waals surface area contributed by atoms with Gasteiger partial charge in [-0.3, -0.25) is 0 Å². The zero-order chi connectivity index (χ0) is 14.5. The van der Waals surface area contributed by atoms with Gasteiger partial charge >= 0.3 is 0 Å². The second-order valence-electron chi connectivity index (χ2n) is 5.80. The van der Waals surface area contributed by atoms with Gasteiger partial charge in [-0.25, -0.2) is 0 Å². The van der Waals surface area contributed by atoms with Gasteiger partial charge in [0, 0.05) is 11.1 Å². The Bertz CT molecular complexity index is 417. The third kappa shape index (κ3) is 4.37. The second-order valence-corrected chi connectivity index (χ2v) is 6.24. The van der Waals surface area contributed by atoms with Crippen LogP contribution in [-0.4, -0.2) is 41.8 Å². The Morgan fingerprint density at radius 3 is 2.65 bits per heavy atom. The number of piperidine rings is 1. The van der Waals surface area contributed by atoms with E-state index in [-0.39, 0.29) is 0 Å². The van der Waals surface area contributed by atoms with Gasteiger partial charge < -0.3 is 14.7 Å². The van der Waals surface area contributed by atoms with Crippen molar-refractivity contribution in [1.82, 2.24) is 4.90 Å². The Morgan fingerprint density at radius 1 is 1.35 bits per heavy atom. The van der Waals surface area contributed by atoms with Gasteiger partial charge in [0.15, 0.2) is 0 Å². The lowest BCUT2D eigenvalue weighted by atomic mass is 9.91. The van der Waals surface area contributed by atoms with Gasteiger partial charge in [-0.15, -0.1) is 0 Å². The number of aliphatic hydroxyl groups excluding tert-OH is 1. The van der Waals surface area contributed by atoms with Crippen LogP contribution in [0, 0.1) is 5.92 Å². The number of halogens is 1. The fraction of sp³-hybridized carbons (Fsp3) is 0.625. The number of nitrogens with zero attached hydrogens (tertiary/aromatic N) is 1. The van der Waals surface area contributed by atoms with E-state index >= 15 is 0 Å². The van der Waals surface area contributed by atoms with Crippen LogP contribution in [-0.2, 0) is 0 Å². The number of hydrogen-bond acceptors (Lipinski definition) is 3. The molecule has 1 heterocycles. The molecular weight excluding hydrogens is 274 g/mol. The van der Waals surface area contributed by atoms with E-state index in [9.17, 15) is 5.11 Å². The van der Waals surface area contributed by atoms with Crippen LogP contribution >= 0.6 is 11.6 Å². The lowest BCUT2D eigenvalue weighted by molar-refractivity contribution is 0.0205. The van der Waals surface area contributed by atoms with Crippen molar-refractivity contribution in [2.75, 3.05) is 19.7 Å². The van der Waals surface area contributed by atoms with Crippen molar-refractivity contribution in [3.63, 3.8) is 0 Å². The summed E-state index contributed by atoms with van der Waals surface area (Å²) in [6, 6.07) is 7.89. The molecule has 1 aliphatic rings. The number of hydrogen-bond donors (Lipinski definition) is 1. The third-order valence-corrected chi connectivity index (χ3v) is 4.30. The second kappa shape index (κ2) is 7.30. The first-order chi connectivity index (χ1) is 9.56. The van der Waals surface area contributed by atoms with E-state index in [1.165, 1.54) is 0 Å². The Hall–Kier alpha value is -0.770. The van der Waals surface area contributed by atoms with Crippen LogP contribution in [0.1, 0.15) is 26.7 Å². The first-order valence-electron chi connectivity index (χ1n) is 7.36. The molecule has 20 heavy (non-hydrogen) atoms. The lowest BCUT2D eigenvalue weighted by Crippen LogP contribution is -2.42. The minimum atomic E-state index is -0.400. The molecule has 1 saturated heterocycles. The third-order valence-electron chi connectivity index (χ3n) is 4.07. The summed E-state index contributed by atoms with van der Waals surface area (Å²) in [6.45, 7) is 6.91. The Balaban J connectivity index is 1.77. The maximum atomic E-state index is 10.3. The molecule has 1 unspecified atom stereocenters. The molecule has 3 nitrogen and oxygen atoms in total. The Morgan fingerprint density at radius 2 is 2.05 bits per heavy atom. The summed E-state index contributed by atoms with van der Waals surface area (Å²) in [5.41, 5.74) is 0. The van der Waals surface area contributed by atoms with Gasteiger partial charge in [-0.1, -0.05) is 17.7 Å². The topological polar surface area (TPSA) is 32.7 Å². The summed E-state index contributed by atoms with van der Waals surface area (Å²) in [5.74, 6) is 1.06. The van der Waals surface area contributed by atoms with E-state index < -0.39 is 6.10 Å². The smallest absolute Gasteiger partial charge is 0.120 e. The van der Waals surface area contributed by atoms with E-state index in [1.54, 1.807) is 6.07 Å². The minimum Gasteiger partial charge on any atom is -0.491 e. The maximum Gasteiger partial charge on any atom is 0.120 e. The van der Waals surface area contributed by atoms with Crippen molar-refractivity contribution in [3.8, 4) is 5.75 Å². The molecule has 2 rings (SSSR count). The van der Waals surface area contributed by atoms with Crippen LogP contribution in [0.25, 0.3) is 0 Å². The average molecular weight is 298 g/mol. The maximum absolute atomic E-state index is 10.3. The van der Waals surface area contributed by atoms with Gasteiger partial charge in [0.1, 0.15) is 12.4 Å². The average Bonchev–Trinajstić information content (AvgIpc) is 2.45. The van der Waals surface area contributed by atoms with Crippen LogP contribution in [0.4, 0.5) is 0 Å². The van der Waals surface area contributed by atoms with Crippen LogP contribution in [0.2, 0.25) is 5.02 Å². The molecule has 1 aromatic carbocycles. The van der Waals surface area contributed by atoms with Crippen LogP contribution in [0.15, 0.2) is 24.3 Å². The SMILES string of the molecule is CC(C)N1CCC(C(O)COc2cccc(Cl)c2)CC1. The van der Waals surface area contributed by atoms with Crippen molar-refractivity contribution in [1.29, 1.82) is 0 Å². The van der Waals surface area contributed by atoms with E-state index in [0.29, 0.717) is 23.6 Å². The number of likely N-dealkylation sites (tertiary alicyclic amines) is 1. The normalized spacial score (nSPS) is 19.2. The molecule has 0 aliphatic carbocycles. The number of ether oxygens (including phenoxy) is 1. The van der Waals surface area contributed by atoms with Crippen molar-refractivity contribution < 1.29 is 9.84 Å². The van der Waals surface area contributed by atoms with Gasteiger partial charge in [-0.05, 0) is 63.9 Å². The highest BCUT2D eigenvalue weighted by Gasteiger charge is 2.26. The predicted molar refractivity (Wildman–Crippen MR) is 82.4 cm³/mol. The molecule has 1 aromatic rings. The monoisotopic (exact) mass is 297 g/mol. The van der Waals surface area contributed by atoms with E-state index in [2.05, 4.69) is 18.7 Å². The summed E-state index contributed by atoms with van der Waals surface area (Å²) in [5, 5.41) is 10.9. The molecule has 1 fully saturated rings. The standard InChI is InChI=1S/C16H24ClNO2/c1-12(2)18-8-6-13(7-9-18)16(19)11-20-15-5-3-4-14(17)10-15/h3-5,10,12-13,16,19H,6-9,11H2,1-2H3. The molecule has 0 radical (unpaired) electrons. The molecule has 0 aromatic heterocycles. The molecule has 1 N–H and O–H groups in total. The lowest BCUT2D eigenvalue weighted by Gasteiger charge is -2.36. The molecule has 0 spiro atoms. The van der Waals surface area contributed by atoms with Crippen molar-refractivity contribution in [2.24, 2.45) is 5.92 Å². The highest BCUT2D eigenvalue weighted by molar-refractivity contribution is 6.30. The molecular formula is C16H24ClNO2. The molecule has 112 valence electrons. The first kappa shape index (κ1) is 15.6. The van der Waals surface area contributed by atoms with E-state index in [4.69, 9.17) is 16.3 Å². The minimum absolute atomic E-state index is 0.337. The van der Waals surface area contributed by atoms with Crippen LogP contribution in [0.3, 0.4) is 0 Å². The summed E-state index contributed by atoms with van der Waals surface area (Å²) < 4.78 is 5.63. The highest BCUT2D eigenvalue weighted by Crippen LogP contribution is 2.23. The summed E-state index contributed by atoms with van der Waals surface area (Å²) in [7, 11) is 0. The predicted octanol–water partition coefficient (Wildman–Crippen LogP) is 3.20. The van der Waals surface area contributed by atoms with Gasteiger partial charge in [-0.2, -0.15) is 0 Å².